The van der Waals surface area contributed by atoms with E-state index in [4.69, 9.17) is 18.9 Å². The Hall–Kier alpha value is -3.95. The molecule has 9 heteroatoms. The largest absolute Gasteiger partial charge is 0.492 e. The molecule has 0 aliphatic carbocycles. The van der Waals surface area contributed by atoms with Crippen LogP contribution in [-0.4, -0.2) is 61.1 Å². The van der Waals surface area contributed by atoms with Crippen molar-refractivity contribution in [3.63, 3.8) is 0 Å². The summed E-state index contributed by atoms with van der Waals surface area (Å²) in [4.78, 5) is 26.0. The van der Waals surface area contributed by atoms with Crippen LogP contribution in [0.25, 0.3) is 0 Å². The zero-order chi connectivity index (χ0) is 30.3. The van der Waals surface area contributed by atoms with Gasteiger partial charge in [0.1, 0.15) is 23.9 Å². The van der Waals surface area contributed by atoms with Crippen molar-refractivity contribution in [1.82, 2.24) is 4.90 Å². The quantitative estimate of drug-likeness (QED) is 0.183. The van der Waals surface area contributed by atoms with Crippen LogP contribution in [0.2, 0.25) is 0 Å². The van der Waals surface area contributed by atoms with E-state index in [0.29, 0.717) is 50.2 Å². The van der Waals surface area contributed by atoms with Crippen molar-refractivity contribution in [1.29, 1.82) is 0 Å². The average Bonchev–Trinajstić information content (AvgIpc) is 2.97. The second-order valence-corrected chi connectivity index (χ2v) is 10.1. The summed E-state index contributed by atoms with van der Waals surface area (Å²) in [5.74, 6) is 0.141. The van der Waals surface area contributed by atoms with E-state index >= 15 is 0 Å². The molecule has 0 radical (unpaired) electrons. The Kier molecular flexibility index (Phi) is 13.3. The number of amides is 1. The summed E-state index contributed by atoms with van der Waals surface area (Å²) in [6.07, 6.45) is -0.560. The van der Waals surface area contributed by atoms with E-state index < -0.39 is 18.2 Å². The molecule has 8 nitrogen and oxygen atoms in total. The van der Waals surface area contributed by atoms with Crippen LogP contribution in [0.3, 0.4) is 0 Å². The number of nitrogens with zero attached hydrogens (tertiary/aromatic N) is 1. The number of carbonyl (C=O) groups excluding carboxylic acids is 1. The topological polar surface area (TPSA) is 94.5 Å². The summed E-state index contributed by atoms with van der Waals surface area (Å²) in [6.45, 7) is 7.94. The maximum atomic E-state index is 13.1. The maximum absolute atomic E-state index is 13.1. The molecule has 0 aliphatic rings. The smallest absolute Gasteiger partial charge is 0.415 e. The number of carbonyl (C=O) groups is 2. The number of rotatable bonds is 17. The predicted molar refractivity (Wildman–Crippen MR) is 157 cm³/mol. The van der Waals surface area contributed by atoms with Crippen molar-refractivity contribution < 1.29 is 38.0 Å². The lowest BCUT2D eigenvalue weighted by Gasteiger charge is -2.22. The van der Waals surface area contributed by atoms with Gasteiger partial charge in [-0.05, 0) is 72.4 Å². The molecule has 0 aromatic heterocycles. The Morgan fingerprint density at radius 3 is 2.12 bits per heavy atom. The number of benzene rings is 3. The number of carboxylic acid groups (broad SMARTS) is 1. The zero-order valence-electron chi connectivity index (χ0n) is 24.5. The number of halogens is 1. The molecule has 1 unspecified atom stereocenters. The molecule has 1 atom stereocenters. The van der Waals surface area contributed by atoms with Crippen molar-refractivity contribution in [2.75, 3.05) is 32.9 Å². The second-order valence-electron chi connectivity index (χ2n) is 10.1. The highest BCUT2D eigenvalue weighted by Crippen LogP contribution is 2.20. The summed E-state index contributed by atoms with van der Waals surface area (Å²) in [6, 6.07) is 20.7. The van der Waals surface area contributed by atoms with Crippen LogP contribution in [0.15, 0.2) is 72.8 Å². The molecule has 0 saturated heterocycles. The van der Waals surface area contributed by atoms with Crippen LogP contribution in [0, 0.1) is 5.82 Å². The fourth-order valence-electron chi connectivity index (χ4n) is 4.14. The van der Waals surface area contributed by atoms with Crippen LogP contribution in [0.1, 0.15) is 49.8 Å². The summed E-state index contributed by atoms with van der Waals surface area (Å²) in [5.41, 5.74) is 2.84. The Labute approximate surface area is 247 Å². The number of ether oxygens (including phenoxy) is 4. The van der Waals surface area contributed by atoms with Crippen molar-refractivity contribution in [2.45, 2.75) is 52.2 Å². The molecular weight excluding hydrogens is 541 g/mol. The molecule has 42 heavy (non-hydrogen) atoms. The van der Waals surface area contributed by atoms with Crippen molar-refractivity contribution in [3.8, 4) is 11.5 Å². The first-order valence-corrected chi connectivity index (χ1v) is 14.2. The minimum Gasteiger partial charge on any atom is -0.492 e. The molecule has 226 valence electrons. The molecule has 0 heterocycles. The lowest BCUT2D eigenvalue weighted by Crippen LogP contribution is -2.38. The van der Waals surface area contributed by atoms with E-state index in [1.807, 2.05) is 12.1 Å². The van der Waals surface area contributed by atoms with E-state index in [-0.39, 0.29) is 25.4 Å². The monoisotopic (exact) mass is 581 g/mol. The van der Waals surface area contributed by atoms with Crippen LogP contribution in [0.4, 0.5) is 9.18 Å². The summed E-state index contributed by atoms with van der Waals surface area (Å²) in [7, 11) is 0. The van der Waals surface area contributed by atoms with Gasteiger partial charge in [-0.3, -0.25) is 0 Å². The molecule has 0 spiro atoms. The third kappa shape index (κ3) is 11.1. The van der Waals surface area contributed by atoms with Gasteiger partial charge in [-0.15, -0.1) is 0 Å². The van der Waals surface area contributed by atoms with E-state index in [1.54, 1.807) is 60.4 Å². The fourth-order valence-corrected chi connectivity index (χ4v) is 4.14. The Bertz CT molecular complexity index is 1230. The van der Waals surface area contributed by atoms with Gasteiger partial charge < -0.3 is 29.0 Å². The van der Waals surface area contributed by atoms with E-state index in [2.05, 4.69) is 13.8 Å². The van der Waals surface area contributed by atoms with Crippen molar-refractivity contribution in [2.24, 2.45) is 0 Å². The minimum absolute atomic E-state index is 0.230. The van der Waals surface area contributed by atoms with Gasteiger partial charge >= 0.3 is 12.1 Å². The van der Waals surface area contributed by atoms with Crippen molar-refractivity contribution in [3.05, 3.63) is 95.3 Å². The Morgan fingerprint density at radius 1 is 0.857 bits per heavy atom. The van der Waals surface area contributed by atoms with Gasteiger partial charge in [0.05, 0.1) is 13.2 Å². The predicted octanol–water partition coefficient (Wildman–Crippen LogP) is 6.47. The van der Waals surface area contributed by atoms with Crippen LogP contribution >= 0.6 is 0 Å². The number of hydrogen-bond donors (Lipinski definition) is 1. The van der Waals surface area contributed by atoms with E-state index in [1.165, 1.54) is 12.1 Å². The third-order valence-electron chi connectivity index (χ3n) is 6.53. The third-order valence-corrected chi connectivity index (χ3v) is 6.53. The number of hydrogen-bond acceptors (Lipinski definition) is 6. The normalized spacial score (nSPS) is 11.7. The maximum Gasteiger partial charge on any atom is 0.415 e. The molecule has 1 N–H and O–H groups in total. The SMILES string of the molecule is CCOC(Cc1ccc(OCCN(CCCOCc2ccc(F)cc2)C(=O)Oc2ccc(C(C)C)cc2)cc1)C(=O)O. The highest BCUT2D eigenvalue weighted by Gasteiger charge is 2.19. The van der Waals surface area contributed by atoms with Gasteiger partial charge in [0.15, 0.2) is 6.10 Å². The van der Waals surface area contributed by atoms with E-state index in [0.717, 1.165) is 16.7 Å². The molecule has 0 fully saturated rings. The Balaban J connectivity index is 1.53. The van der Waals surface area contributed by atoms with Crippen LogP contribution < -0.4 is 9.47 Å². The fraction of sp³-hybridized carbons (Fsp3) is 0.394. The minimum atomic E-state index is -0.999. The van der Waals surface area contributed by atoms with E-state index in [9.17, 15) is 19.1 Å². The molecule has 3 rings (SSSR count). The van der Waals surface area contributed by atoms with Crippen LogP contribution in [-0.2, 0) is 27.3 Å². The molecule has 3 aromatic carbocycles. The first-order valence-electron chi connectivity index (χ1n) is 14.2. The first kappa shape index (κ1) is 32.6. The standard InChI is InChI=1S/C33H40FNO7/c1-4-40-31(32(36)37)22-25-8-14-29(15-9-25)41-21-19-35(18-5-20-39-23-26-6-12-28(34)13-7-26)33(38)42-30-16-10-27(11-17-30)24(2)3/h6-17,24,31H,4-5,18-23H2,1-3H3,(H,36,37). The number of carboxylic acids is 1. The summed E-state index contributed by atoms with van der Waals surface area (Å²) >= 11 is 0. The molecule has 0 bridgehead atoms. The summed E-state index contributed by atoms with van der Waals surface area (Å²) < 4.78 is 35.6. The van der Waals surface area contributed by atoms with Gasteiger partial charge in [-0.25, -0.2) is 14.0 Å². The van der Waals surface area contributed by atoms with Crippen LogP contribution in [0.5, 0.6) is 11.5 Å². The highest BCUT2D eigenvalue weighted by molar-refractivity contribution is 5.72. The highest BCUT2D eigenvalue weighted by atomic mass is 19.1. The lowest BCUT2D eigenvalue weighted by atomic mass is 10.0. The molecule has 0 aliphatic heterocycles. The molecule has 3 aromatic rings. The van der Waals surface area contributed by atoms with Gasteiger partial charge in [-0.1, -0.05) is 50.2 Å². The zero-order valence-corrected chi connectivity index (χ0v) is 24.5. The van der Waals surface area contributed by atoms with Crippen molar-refractivity contribution >= 4 is 12.1 Å². The van der Waals surface area contributed by atoms with Gasteiger partial charge in [0.25, 0.3) is 0 Å². The average molecular weight is 582 g/mol. The second kappa shape index (κ2) is 17.1. The van der Waals surface area contributed by atoms with Gasteiger partial charge in [-0.2, -0.15) is 0 Å². The van der Waals surface area contributed by atoms with Gasteiger partial charge in [0, 0.05) is 26.2 Å². The molecule has 1 amide bonds. The summed E-state index contributed by atoms with van der Waals surface area (Å²) in [5, 5.41) is 9.30. The molecule has 0 saturated carbocycles. The number of aliphatic carboxylic acids is 1. The lowest BCUT2D eigenvalue weighted by molar-refractivity contribution is -0.149. The molecular formula is C33H40FNO7. The Morgan fingerprint density at radius 2 is 1.50 bits per heavy atom. The first-order chi connectivity index (χ1) is 20.2. The van der Waals surface area contributed by atoms with Gasteiger partial charge in [0.2, 0.25) is 0 Å².